The molecular formula is C19H27NO5. The number of carboxylic acid groups (broad SMARTS) is 2. The van der Waals surface area contributed by atoms with Crippen molar-refractivity contribution in [3.8, 4) is 0 Å². The first-order valence-electron chi connectivity index (χ1n) is 8.54. The summed E-state index contributed by atoms with van der Waals surface area (Å²) in [5.74, 6) is -3.65. The van der Waals surface area contributed by atoms with E-state index in [0.717, 1.165) is 5.56 Å². The number of carbonyl (C=O) groups is 3. The molecule has 0 aliphatic rings. The number of carboxylic acids is 2. The van der Waals surface area contributed by atoms with Gasteiger partial charge >= 0.3 is 11.9 Å². The summed E-state index contributed by atoms with van der Waals surface area (Å²) in [6.45, 7) is 4.25. The summed E-state index contributed by atoms with van der Waals surface area (Å²) in [7, 11) is 0. The van der Waals surface area contributed by atoms with Crippen LogP contribution >= 0.6 is 0 Å². The molecule has 1 unspecified atom stereocenters. The third-order valence-corrected chi connectivity index (χ3v) is 4.07. The molecule has 0 bridgehead atoms. The summed E-state index contributed by atoms with van der Waals surface area (Å²) < 4.78 is 0. The predicted octanol–water partition coefficient (Wildman–Crippen LogP) is 2.57. The average Bonchev–Trinajstić information content (AvgIpc) is 2.51. The molecule has 0 aliphatic heterocycles. The first-order chi connectivity index (χ1) is 11.8. The Morgan fingerprint density at radius 3 is 2.12 bits per heavy atom. The number of rotatable bonds is 11. The summed E-state index contributed by atoms with van der Waals surface area (Å²) in [5.41, 5.74) is 1.07. The predicted molar refractivity (Wildman–Crippen MR) is 94.1 cm³/mol. The molecular weight excluding hydrogens is 322 g/mol. The molecule has 0 saturated heterocycles. The standard InChI is InChI=1S/C19H27NO5/c1-13(2)10-15(11-17(21)22)16(12-18(23)24)19(25)20-9-8-14-6-4-3-5-7-14/h3-7,13,15-16H,8-12H2,1-2H3,(H,20,25)(H,21,22)(H,23,24)/t15?,16-/m0/s1. The van der Waals surface area contributed by atoms with Crippen molar-refractivity contribution in [3.63, 3.8) is 0 Å². The molecule has 1 aromatic rings. The van der Waals surface area contributed by atoms with Gasteiger partial charge in [-0.05, 0) is 30.2 Å². The highest BCUT2D eigenvalue weighted by molar-refractivity contribution is 5.84. The molecule has 2 atom stereocenters. The SMILES string of the molecule is CC(C)CC(CC(=O)O)[C@H](CC(=O)O)C(=O)NCCc1ccccc1. The highest BCUT2D eigenvalue weighted by atomic mass is 16.4. The zero-order valence-electron chi connectivity index (χ0n) is 14.8. The van der Waals surface area contributed by atoms with Crippen molar-refractivity contribution in [2.24, 2.45) is 17.8 Å². The third kappa shape index (κ3) is 8.33. The number of hydrogen-bond donors (Lipinski definition) is 3. The lowest BCUT2D eigenvalue weighted by atomic mass is 9.80. The summed E-state index contributed by atoms with van der Waals surface area (Å²) in [6, 6.07) is 9.64. The molecule has 0 fully saturated rings. The zero-order chi connectivity index (χ0) is 18.8. The summed E-state index contributed by atoms with van der Waals surface area (Å²) >= 11 is 0. The van der Waals surface area contributed by atoms with Crippen LogP contribution in [0.2, 0.25) is 0 Å². The van der Waals surface area contributed by atoms with Crippen molar-refractivity contribution in [1.82, 2.24) is 5.32 Å². The first-order valence-corrected chi connectivity index (χ1v) is 8.54. The summed E-state index contributed by atoms with van der Waals surface area (Å²) in [4.78, 5) is 34.8. The van der Waals surface area contributed by atoms with E-state index in [1.165, 1.54) is 0 Å². The van der Waals surface area contributed by atoms with Gasteiger partial charge in [0.05, 0.1) is 12.3 Å². The maximum atomic E-state index is 12.5. The van der Waals surface area contributed by atoms with Crippen LogP contribution in [0.4, 0.5) is 0 Å². The maximum absolute atomic E-state index is 12.5. The Bertz CT molecular complexity index is 570. The zero-order valence-corrected chi connectivity index (χ0v) is 14.8. The molecule has 0 aromatic heterocycles. The molecule has 0 spiro atoms. The van der Waals surface area contributed by atoms with E-state index >= 15 is 0 Å². The van der Waals surface area contributed by atoms with Crippen LogP contribution in [0.3, 0.4) is 0 Å². The van der Waals surface area contributed by atoms with Gasteiger partial charge in [0.25, 0.3) is 0 Å². The van der Waals surface area contributed by atoms with Gasteiger partial charge in [-0.15, -0.1) is 0 Å². The van der Waals surface area contributed by atoms with Gasteiger partial charge < -0.3 is 15.5 Å². The average molecular weight is 349 g/mol. The van der Waals surface area contributed by atoms with Crippen molar-refractivity contribution < 1.29 is 24.6 Å². The second-order valence-electron chi connectivity index (χ2n) is 6.72. The molecule has 0 saturated carbocycles. The topological polar surface area (TPSA) is 104 Å². The fourth-order valence-electron chi connectivity index (χ4n) is 2.99. The fraction of sp³-hybridized carbons (Fsp3) is 0.526. The third-order valence-electron chi connectivity index (χ3n) is 4.07. The summed E-state index contributed by atoms with van der Waals surface area (Å²) in [6.07, 6.45) is 0.570. The Kier molecular flexibility index (Phi) is 8.67. The molecule has 0 aliphatic carbocycles. The molecule has 1 rings (SSSR count). The second-order valence-corrected chi connectivity index (χ2v) is 6.72. The number of nitrogens with one attached hydrogen (secondary N) is 1. The number of amides is 1. The van der Waals surface area contributed by atoms with E-state index in [2.05, 4.69) is 5.32 Å². The highest BCUT2D eigenvalue weighted by Gasteiger charge is 2.32. The van der Waals surface area contributed by atoms with E-state index < -0.39 is 23.8 Å². The lowest BCUT2D eigenvalue weighted by Gasteiger charge is -2.25. The van der Waals surface area contributed by atoms with Crippen LogP contribution in [-0.2, 0) is 20.8 Å². The van der Waals surface area contributed by atoms with Crippen molar-refractivity contribution in [2.45, 2.75) is 39.5 Å². The Balaban J connectivity index is 2.74. The van der Waals surface area contributed by atoms with Crippen LogP contribution in [0.5, 0.6) is 0 Å². The van der Waals surface area contributed by atoms with Crippen molar-refractivity contribution >= 4 is 17.8 Å². The van der Waals surface area contributed by atoms with Gasteiger partial charge in [-0.2, -0.15) is 0 Å². The molecule has 1 amide bonds. The largest absolute Gasteiger partial charge is 0.481 e. The van der Waals surface area contributed by atoms with Crippen LogP contribution in [-0.4, -0.2) is 34.6 Å². The van der Waals surface area contributed by atoms with Crippen molar-refractivity contribution in [2.75, 3.05) is 6.54 Å². The quantitative estimate of drug-likeness (QED) is 0.570. The van der Waals surface area contributed by atoms with E-state index in [-0.39, 0.29) is 24.7 Å². The van der Waals surface area contributed by atoms with E-state index in [1.807, 2.05) is 44.2 Å². The molecule has 3 N–H and O–H groups in total. The molecule has 138 valence electrons. The van der Waals surface area contributed by atoms with Crippen molar-refractivity contribution in [1.29, 1.82) is 0 Å². The Labute approximate surface area is 148 Å². The lowest BCUT2D eigenvalue weighted by Crippen LogP contribution is -2.38. The van der Waals surface area contributed by atoms with Crippen molar-refractivity contribution in [3.05, 3.63) is 35.9 Å². The van der Waals surface area contributed by atoms with E-state index in [4.69, 9.17) is 10.2 Å². The normalized spacial score (nSPS) is 13.2. The Morgan fingerprint density at radius 1 is 1.00 bits per heavy atom. The Morgan fingerprint density at radius 2 is 1.60 bits per heavy atom. The first kappa shape index (κ1) is 20.7. The van der Waals surface area contributed by atoms with Gasteiger partial charge in [0.15, 0.2) is 0 Å². The molecule has 0 radical (unpaired) electrons. The van der Waals surface area contributed by atoms with E-state index in [9.17, 15) is 14.4 Å². The number of carbonyl (C=O) groups excluding carboxylic acids is 1. The molecule has 0 heterocycles. The number of hydrogen-bond acceptors (Lipinski definition) is 3. The van der Waals surface area contributed by atoms with Gasteiger partial charge in [0.2, 0.25) is 5.91 Å². The van der Waals surface area contributed by atoms with E-state index in [0.29, 0.717) is 19.4 Å². The molecule has 1 aromatic carbocycles. The van der Waals surface area contributed by atoms with Gasteiger partial charge in [-0.3, -0.25) is 14.4 Å². The van der Waals surface area contributed by atoms with Crippen LogP contribution < -0.4 is 5.32 Å². The van der Waals surface area contributed by atoms with Crippen LogP contribution in [0.15, 0.2) is 30.3 Å². The minimum Gasteiger partial charge on any atom is -0.481 e. The van der Waals surface area contributed by atoms with E-state index in [1.54, 1.807) is 0 Å². The number of aliphatic carboxylic acids is 2. The second kappa shape index (κ2) is 10.5. The molecule has 6 nitrogen and oxygen atoms in total. The Hall–Kier alpha value is -2.37. The maximum Gasteiger partial charge on any atom is 0.304 e. The fourth-order valence-corrected chi connectivity index (χ4v) is 2.99. The number of benzene rings is 1. The minimum absolute atomic E-state index is 0.178. The van der Waals surface area contributed by atoms with Crippen LogP contribution in [0.1, 0.15) is 38.7 Å². The minimum atomic E-state index is -1.10. The monoisotopic (exact) mass is 349 g/mol. The summed E-state index contributed by atoms with van der Waals surface area (Å²) in [5, 5.41) is 21.0. The molecule has 6 heteroatoms. The van der Waals surface area contributed by atoms with Gasteiger partial charge in [-0.1, -0.05) is 44.2 Å². The van der Waals surface area contributed by atoms with Crippen LogP contribution in [0.25, 0.3) is 0 Å². The van der Waals surface area contributed by atoms with Crippen LogP contribution in [0, 0.1) is 17.8 Å². The highest BCUT2D eigenvalue weighted by Crippen LogP contribution is 2.27. The molecule has 25 heavy (non-hydrogen) atoms. The van der Waals surface area contributed by atoms with Gasteiger partial charge in [0, 0.05) is 13.0 Å². The smallest absolute Gasteiger partial charge is 0.304 e. The lowest BCUT2D eigenvalue weighted by molar-refractivity contribution is -0.145. The van der Waals surface area contributed by atoms with Gasteiger partial charge in [0.1, 0.15) is 0 Å². The van der Waals surface area contributed by atoms with Gasteiger partial charge in [-0.25, -0.2) is 0 Å².